The van der Waals surface area contributed by atoms with Gasteiger partial charge in [0.25, 0.3) is 0 Å². The number of carbonyl (C=O) groups excluding carboxylic acids is 1. The Kier molecular flexibility index (Phi) is 6.91. The van der Waals surface area contributed by atoms with Crippen LogP contribution in [-0.4, -0.2) is 52.8 Å². The van der Waals surface area contributed by atoms with E-state index < -0.39 is 11.4 Å². The summed E-state index contributed by atoms with van der Waals surface area (Å²) in [5.41, 5.74) is 0.667. The molecular weight excluding hydrogens is 447 g/mol. The topological polar surface area (TPSA) is 87.6 Å². The smallest absolute Gasteiger partial charge is 0.225 e. The van der Waals surface area contributed by atoms with Crippen LogP contribution < -0.4 is 15.0 Å². The van der Waals surface area contributed by atoms with Crippen LogP contribution in [0.25, 0.3) is 0 Å². The summed E-state index contributed by atoms with van der Waals surface area (Å²) >= 11 is 0. The molecule has 35 heavy (non-hydrogen) atoms. The van der Waals surface area contributed by atoms with Crippen LogP contribution in [0.3, 0.4) is 0 Å². The number of hydrogen-bond acceptors (Lipinski definition) is 6. The van der Waals surface area contributed by atoms with Crippen LogP contribution in [0.2, 0.25) is 0 Å². The number of nitrogens with zero attached hydrogens (tertiary/aromatic N) is 3. The van der Waals surface area contributed by atoms with Gasteiger partial charge in [-0.05, 0) is 80.4 Å². The Bertz CT molecular complexity index is 1040. The quantitative estimate of drug-likeness (QED) is 0.540. The second kappa shape index (κ2) is 10.1. The van der Waals surface area contributed by atoms with Crippen molar-refractivity contribution in [3.63, 3.8) is 0 Å². The maximum absolute atomic E-state index is 14.5. The normalized spacial score (nSPS) is 23.1. The Morgan fingerprint density at radius 2 is 2.00 bits per heavy atom. The summed E-state index contributed by atoms with van der Waals surface area (Å²) in [6.45, 7) is 4.84. The van der Waals surface area contributed by atoms with Crippen molar-refractivity contribution in [2.24, 2.45) is 17.8 Å². The molecular formula is C27H35FN4O3. The van der Waals surface area contributed by atoms with Gasteiger partial charge in [0.15, 0.2) is 0 Å². The number of ether oxygens (including phenoxy) is 1. The van der Waals surface area contributed by atoms with Crippen molar-refractivity contribution in [3.8, 4) is 5.75 Å². The van der Waals surface area contributed by atoms with Gasteiger partial charge in [-0.25, -0.2) is 14.4 Å². The Hall–Kier alpha value is -2.74. The number of hydrogen-bond donors (Lipinski definition) is 2. The van der Waals surface area contributed by atoms with Crippen molar-refractivity contribution >= 4 is 11.9 Å². The fourth-order valence-corrected chi connectivity index (χ4v) is 5.17. The van der Waals surface area contributed by atoms with Crippen LogP contribution in [0.15, 0.2) is 30.6 Å². The molecule has 2 aromatic rings. The average Bonchev–Trinajstić information content (AvgIpc) is 3.78. The van der Waals surface area contributed by atoms with Crippen LogP contribution in [0, 0.1) is 30.5 Å². The summed E-state index contributed by atoms with van der Waals surface area (Å²) in [4.78, 5) is 23.2. The monoisotopic (exact) mass is 482 g/mol. The number of carbonyl (C=O) groups is 1. The lowest BCUT2D eigenvalue weighted by Crippen LogP contribution is -2.35. The van der Waals surface area contributed by atoms with Crippen molar-refractivity contribution in [2.75, 3.05) is 31.1 Å². The predicted octanol–water partition coefficient (Wildman–Crippen LogP) is 3.43. The van der Waals surface area contributed by atoms with E-state index in [9.17, 15) is 14.3 Å². The van der Waals surface area contributed by atoms with Crippen LogP contribution >= 0.6 is 0 Å². The van der Waals surface area contributed by atoms with Crippen LogP contribution in [0.1, 0.15) is 49.7 Å². The van der Waals surface area contributed by atoms with Crippen molar-refractivity contribution in [1.29, 1.82) is 0 Å². The van der Waals surface area contributed by atoms with Gasteiger partial charge in [-0.2, -0.15) is 0 Å². The minimum Gasteiger partial charge on any atom is -0.493 e. The van der Waals surface area contributed by atoms with E-state index in [0.29, 0.717) is 36.7 Å². The molecule has 7 nitrogen and oxygen atoms in total. The predicted molar refractivity (Wildman–Crippen MR) is 131 cm³/mol. The summed E-state index contributed by atoms with van der Waals surface area (Å²) < 4.78 is 20.3. The third kappa shape index (κ3) is 6.28. The largest absolute Gasteiger partial charge is 0.493 e. The van der Waals surface area contributed by atoms with Crippen LogP contribution in [0.5, 0.6) is 5.75 Å². The van der Waals surface area contributed by atoms with E-state index >= 15 is 0 Å². The summed E-state index contributed by atoms with van der Waals surface area (Å²) in [6, 6.07) is 4.71. The van der Waals surface area contributed by atoms with Gasteiger partial charge in [-0.3, -0.25) is 4.79 Å². The van der Waals surface area contributed by atoms with Crippen molar-refractivity contribution in [2.45, 2.75) is 57.5 Å². The first-order chi connectivity index (χ1) is 16.9. The van der Waals surface area contributed by atoms with Gasteiger partial charge in [-0.1, -0.05) is 6.07 Å². The molecule has 2 aliphatic carbocycles. The van der Waals surface area contributed by atoms with Crippen molar-refractivity contribution in [1.82, 2.24) is 15.3 Å². The van der Waals surface area contributed by atoms with Gasteiger partial charge in [-0.15, -0.1) is 0 Å². The molecule has 0 radical (unpaired) electrons. The zero-order valence-corrected chi connectivity index (χ0v) is 20.4. The maximum Gasteiger partial charge on any atom is 0.225 e. The van der Waals surface area contributed by atoms with E-state index in [1.54, 1.807) is 12.1 Å². The molecule has 1 aliphatic heterocycles. The molecule has 2 saturated carbocycles. The summed E-state index contributed by atoms with van der Waals surface area (Å²) in [5.74, 6) is 2.84. The molecule has 0 spiro atoms. The third-order valence-corrected chi connectivity index (χ3v) is 7.75. The summed E-state index contributed by atoms with van der Waals surface area (Å²) in [6.07, 6.45) is 9.73. The third-order valence-electron chi connectivity index (χ3n) is 7.75. The van der Waals surface area contributed by atoms with Crippen molar-refractivity contribution in [3.05, 3.63) is 47.5 Å². The van der Waals surface area contributed by atoms with Gasteiger partial charge in [0.1, 0.15) is 11.6 Å². The first-order valence-electron chi connectivity index (χ1n) is 12.8. The zero-order chi connectivity index (χ0) is 24.4. The number of aromatic nitrogens is 2. The number of piperidine rings is 1. The molecule has 2 N–H and O–H groups in total. The highest BCUT2D eigenvalue weighted by atomic mass is 19.1. The van der Waals surface area contributed by atoms with Crippen LogP contribution in [0.4, 0.5) is 10.3 Å². The molecule has 3 fully saturated rings. The number of benzene rings is 1. The lowest BCUT2D eigenvalue weighted by molar-refractivity contribution is -0.121. The fraction of sp³-hybridized carbons (Fsp3) is 0.593. The van der Waals surface area contributed by atoms with E-state index in [-0.39, 0.29) is 18.9 Å². The molecule has 2 atom stereocenters. The van der Waals surface area contributed by atoms with E-state index in [1.165, 1.54) is 25.3 Å². The van der Waals surface area contributed by atoms with E-state index in [4.69, 9.17) is 4.74 Å². The Morgan fingerprint density at radius 3 is 2.69 bits per heavy atom. The number of aryl methyl sites for hydroxylation is 1. The second-order valence-electron chi connectivity index (χ2n) is 10.6. The Balaban J connectivity index is 1.00. The Labute approximate surface area is 206 Å². The Morgan fingerprint density at radius 1 is 1.26 bits per heavy atom. The highest BCUT2D eigenvalue weighted by Crippen LogP contribution is 2.49. The molecule has 3 aliphatic rings. The molecule has 5 rings (SSSR count). The molecule has 0 bridgehead atoms. The van der Waals surface area contributed by atoms with Gasteiger partial charge < -0.3 is 20.1 Å². The lowest BCUT2D eigenvalue weighted by atomic mass is 9.90. The van der Waals surface area contributed by atoms with Crippen molar-refractivity contribution < 1.29 is 19.0 Å². The summed E-state index contributed by atoms with van der Waals surface area (Å²) in [5, 5.41) is 12.5. The van der Waals surface area contributed by atoms with E-state index in [1.807, 2.05) is 19.3 Å². The standard InChI is InChI=1S/C27H35FN4O3/c1-18-15-29-26(30-16-18)32-9-4-19(5-10-32)23-12-20(23)6-11-35-22-3-2-21(24(28)14-22)13-25(33)31-17-27(34)7-8-27/h2-3,14-16,19-20,23,34H,4-13,17H2,1H3,(H,31,33)/t20-,23-/m1/s1. The second-order valence-corrected chi connectivity index (χ2v) is 10.6. The van der Waals surface area contributed by atoms with E-state index in [0.717, 1.165) is 42.9 Å². The number of rotatable bonds is 10. The fourth-order valence-electron chi connectivity index (χ4n) is 5.17. The molecule has 188 valence electrons. The van der Waals surface area contributed by atoms with Gasteiger partial charge in [0.2, 0.25) is 11.9 Å². The highest BCUT2D eigenvalue weighted by Gasteiger charge is 2.43. The zero-order valence-electron chi connectivity index (χ0n) is 20.4. The number of nitrogens with one attached hydrogen (secondary N) is 1. The molecule has 1 saturated heterocycles. The minimum absolute atomic E-state index is 0.0409. The number of halogens is 1. The average molecular weight is 483 g/mol. The number of aliphatic hydroxyl groups is 1. The number of anilines is 1. The van der Waals surface area contributed by atoms with Gasteiger partial charge in [0.05, 0.1) is 18.6 Å². The maximum atomic E-state index is 14.5. The first kappa shape index (κ1) is 24.0. The molecule has 0 unspecified atom stereocenters. The van der Waals surface area contributed by atoms with Gasteiger partial charge >= 0.3 is 0 Å². The summed E-state index contributed by atoms with van der Waals surface area (Å²) in [7, 11) is 0. The molecule has 1 aromatic heterocycles. The van der Waals surface area contributed by atoms with Gasteiger partial charge in [0, 0.05) is 38.1 Å². The minimum atomic E-state index is -0.750. The first-order valence-corrected chi connectivity index (χ1v) is 12.8. The number of amides is 1. The molecule has 1 amide bonds. The van der Waals surface area contributed by atoms with E-state index in [2.05, 4.69) is 20.2 Å². The van der Waals surface area contributed by atoms with Crippen LogP contribution in [-0.2, 0) is 11.2 Å². The molecule has 8 heteroatoms. The molecule has 1 aromatic carbocycles. The SMILES string of the molecule is Cc1cnc(N2CCC([C@H]3C[C@H]3CCOc3ccc(CC(=O)NCC4(O)CC4)c(F)c3)CC2)nc1. The lowest BCUT2D eigenvalue weighted by Gasteiger charge is -2.32. The highest BCUT2D eigenvalue weighted by molar-refractivity contribution is 5.78. The molecule has 2 heterocycles.